The van der Waals surface area contributed by atoms with Crippen LogP contribution in [0.2, 0.25) is 10.0 Å². The van der Waals surface area contributed by atoms with Crippen LogP contribution in [-0.2, 0) is 14.3 Å². The number of anilines is 1. The molecule has 0 bridgehead atoms. The van der Waals surface area contributed by atoms with Crippen molar-refractivity contribution in [3.8, 4) is 0 Å². The zero-order valence-corrected chi connectivity index (χ0v) is 10.7. The fraction of sp³-hybridized carbons (Fsp3) is 0.273. The van der Waals surface area contributed by atoms with Crippen LogP contribution in [0.5, 0.6) is 0 Å². The molecule has 0 aliphatic carbocycles. The number of hydrogen-bond donors (Lipinski definition) is 2. The normalized spacial score (nSPS) is 19.2. The van der Waals surface area contributed by atoms with Crippen molar-refractivity contribution in [3.63, 3.8) is 0 Å². The van der Waals surface area contributed by atoms with E-state index in [0.717, 1.165) is 0 Å². The maximum absolute atomic E-state index is 11.8. The Labute approximate surface area is 113 Å². The lowest BCUT2D eigenvalue weighted by Crippen LogP contribution is -2.51. The maximum Gasteiger partial charge on any atom is 0.249 e. The van der Waals surface area contributed by atoms with Crippen molar-refractivity contribution in [2.45, 2.75) is 6.04 Å². The van der Waals surface area contributed by atoms with Gasteiger partial charge < -0.3 is 15.4 Å². The van der Waals surface area contributed by atoms with Crippen molar-refractivity contribution >= 4 is 40.7 Å². The molecule has 1 fully saturated rings. The first-order chi connectivity index (χ1) is 8.56. The van der Waals surface area contributed by atoms with Gasteiger partial charge in [0.2, 0.25) is 11.8 Å². The van der Waals surface area contributed by atoms with Crippen LogP contribution in [0.1, 0.15) is 0 Å². The molecule has 18 heavy (non-hydrogen) atoms. The van der Waals surface area contributed by atoms with E-state index in [2.05, 4.69) is 10.6 Å². The van der Waals surface area contributed by atoms with E-state index in [9.17, 15) is 9.59 Å². The topological polar surface area (TPSA) is 67.4 Å². The van der Waals surface area contributed by atoms with Gasteiger partial charge in [0.1, 0.15) is 12.6 Å². The van der Waals surface area contributed by atoms with Gasteiger partial charge >= 0.3 is 0 Å². The van der Waals surface area contributed by atoms with E-state index < -0.39 is 6.04 Å². The SMILES string of the molecule is O=C1COCC(C(=O)Nc2ccc(Cl)c(Cl)c2)N1. The van der Waals surface area contributed by atoms with Gasteiger partial charge in [-0.2, -0.15) is 0 Å². The van der Waals surface area contributed by atoms with Crippen LogP contribution in [0.3, 0.4) is 0 Å². The molecule has 2 amide bonds. The highest BCUT2D eigenvalue weighted by Gasteiger charge is 2.25. The molecule has 1 saturated heterocycles. The number of benzene rings is 1. The van der Waals surface area contributed by atoms with E-state index in [-0.39, 0.29) is 25.0 Å². The standard InChI is InChI=1S/C11H10Cl2N2O3/c12-7-2-1-6(3-8(7)13)14-11(17)9-4-18-5-10(16)15-9/h1-3,9H,4-5H2,(H,14,17)(H,15,16). The quantitative estimate of drug-likeness (QED) is 0.866. The Morgan fingerprint density at radius 1 is 1.39 bits per heavy atom. The Kier molecular flexibility index (Phi) is 4.06. The second-order valence-corrected chi connectivity index (χ2v) is 4.57. The highest BCUT2D eigenvalue weighted by atomic mass is 35.5. The molecule has 1 unspecified atom stereocenters. The van der Waals surface area contributed by atoms with E-state index >= 15 is 0 Å². The number of nitrogens with one attached hydrogen (secondary N) is 2. The molecule has 1 aromatic rings. The van der Waals surface area contributed by atoms with Gasteiger partial charge in [-0.25, -0.2) is 0 Å². The van der Waals surface area contributed by atoms with Crippen molar-refractivity contribution in [2.24, 2.45) is 0 Å². The monoisotopic (exact) mass is 288 g/mol. The first kappa shape index (κ1) is 13.1. The van der Waals surface area contributed by atoms with Crippen molar-refractivity contribution < 1.29 is 14.3 Å². The number of carbonyl (C=O) groups excluding carboxylic acids is 2. The van der Waals surface area contributed by atoms with Crippen molar-refractivity contribution in [3.05, 3.63) is 28.2 Å². The van der Waals surface area contributed by atoms with Crippen LogP contribution < -0.4 is 10.6 Å². The Hall–Kier alpha value is -1.30. The predicted molar refractivity (Wildman–Crippen MR) is 67.8 cm³/mol. The third-order valence-electron chi connectivity index (χ3n) is 2.36. The first-order valence-electron chi connectivity index (χ1n) is 5.19. The number of rotatable bonds is 2. The van der Waals surface area contributed by atoms with Crippen LogP contribution in [0.25, 0.3) is 0 Å². The van der Waals surface area contributed by atoms with Gasteiger partial charge in [0.05, 0.1) is 16.7 Å². The Bertz CT molecular complexity index is 493. The Morgan fingerprint density at radius 3 is 2.83 bits per heavy atom. The minimum Gasteiger partial charge on any atom is -0.369 e. The number of carbonyl (C=O) groups is 2. The Balaban J connectivity index is 2.02. The summed E-state index contributed by atoms with van der Waals surface area (Å²) in [6.07, 6.45) is 0. The van der Waals surface area contributed by atoms with Crippen LogP contribution in [0.4, 0.5) is 5.69 Å². The number of ether oxygens (including phenoxy) is 1. The minimum absolute atomic E-state index is 0.0173. The predicted octanol–water partition coefficient (Wildman–Crippen LogP) is 1.45. The molecule has 2 rings (SSSR count). The molecular weight excluding hydrogens is 279 g/mol. The van der Waals surface area contributed by atoms with Gasteiger partial charge in [0.15, 0.2) is 0 Å². The lowest BCUT2D eigenvalue weighted by Gasteiger charge is -2.22. The summed E-state index contributed by atoms with van der Waals surface area (Å²) in [5.41, 5.74) is 0.509. The summed E-state index contributed by atoms with van der Waals surface area (Å²) >= 11 is 11.6. The van der Waals surface area contributed by atoms with Crippen LogP contribution in [0, 0.1) is 0 Å². The van der Waals surface area contributed by atoms with E-state index in [1.165, 1.54) is 6.07 Å². The van der Waals surface area contributed by atoms with Crippen LogP contribution in [-0.4, -0.2) is 31.1 Å². The molecule has 5 nitrogen and oxygen atoms in total. The molecule has 0 aromatic heterocycles. The highest BCUT2D eigenvalue weighted by molar-refractivity contribution is 6.42. The molecule has 7 heteroatoms. The van der Waals surface area contributed by atoms with Gasteiger partial charge in [0, 0.05) is 5.69 Å². The van der Waals surface area contributed by atoms with E-state index in [4.69, 9.17) is 27.9 Å². The molecule has 0 spiro atoms. The summed E-state index contributed by atoms with van der Waals surface area (Å²) in [6.45, 7) is 0.134. The lowest BCUT2D eigenvalue weighted by atomic mass is 10.2. The number of amides is 2. The van der Waals surface area contributed by atoms with Gasteiger partial charge in [-0.3, -0.25) is 9.59 Å². The average Bonchev–Trinajstić information content (AvgIpc) is 2.34. The van der Waals surface area contributed by atoms with E-state index in [1.807, 2.05) is 0 Å². The summed E-state index contributed by atoms with van der Waals surface area (Å²) in [5, 5.41) is 5.90. The molecule has 1 atom stereocenters. The zero-order valence-electron chi connectivity index (χ0n) is 9.20. The van der Waals surface area contributed by atoms with Crippen molar-refractivity contribution in [1.82, 2.24) is 5.32 Å². The van der Waals surface area contributed by atoms with E-state index in [0.29, 0.717) is 15.7 Å². The average molecular weight is 289 g/mol. The van der Waals surface area contributed by atoms with Gasteiger partial charge in [-0.05, 0) is 18.2 Å². The van der Waals surface area contributed by atoms with Crippen molar-refractivity contribution in [1.29, 1.82) is 0 Å². The summed E-state index contributed by atoms with van der Waals surface area (Å²) < 4.78 is 4.98. The molecular formula is C11H10Cl2N2O3. The summed E-state index contributed by atoms with van der Waals surface area (Å²) in [5.74, 6) is -0.669. The van der Waals surface area contributed by atoms with Gasteiger partial charge in [-0.15, -0.1) is 0 Å². The second-order valence-electron chi connectivity index (χ2n) is 3.75. The molecule has 1 aliphatic heterocycles. The lowest BCUT2D eigenvalue weighted by molar-refractivity contribution is -0.136. The van der Waals surface area contributed by atoms with Crippen molar-refractivity contribution in [2.75, 3.05) is 18.5 Å². The summed E-state index contributed by atoms with van der Waals surface area (Å²) in [7, 11) is 0. The summed E-state index contributed by atoms with van der Waals surface area (Å²) in [6, 6.07) is 4.04. The maximum atomic E-state index is 11.8. The number of hydrogen-bond acceptors (Lipinski definition) is 3. The van der Waals surface area contributed by atoms with E-state index in [1.54, 1.807) is 12.1 Å². The molecule has 0 radical (unpaired) electrons. The van der Waals surface area contributed by atoms with Crippen LogP contribution >= 0.6 is 23.2 Å². The molecule has 96 valence electrons. The molecule has 1 heterocycles. The third kappa shape index (κ3) is 3.13. The van der Waals surface area contributed by atoms with Crippen LogP contribution in [0.15, 0.2) is 18.2 Å². The zero-order chi connectivity index (χ0) is 13.1. The molecule has 0 saturated carbocycles. The second kappa shape index (κ2) is 5.56. The number of morpholine rings is 1. The molecule has 1 aliphatic rings. The van der Waals surface area contributed by atoms with Gasteiger partial charge in [-0.1, -0.05) is 23.2 Å². The highest BCUT2D eigenvalue weighted by Crippen LogP contribution is 2.25. The Morgan fingerprint density at radius 2 is 2.17 bits per heavy atom. The largest absolute Gasteiger partial charge is 0.369 e. The first-order valence-corrected chi connectivity index (χ1v) is 5.95. The fourth-order valence-corrected chi connectivity index (χ4v) is 1.79. The molecule has 2 N–H and O–H groups in total. The number of halogens is 2. The summed E-state index contributed by atoms with van der Waals surface area (Å²) in [4.78, 5) is 22.9. The smallest absolute Gasteiger partial charge is 0.249 e. The fourth-order valence-electron chi connectivity index (χ4n) is 1.49. The third-order valence-corrected chi connectivity index (χ3v) is 3.10. The minimum atomic E-state index is -0.694. The van der Waals surface area contributed by atoms with Gasteiger partial charge in [0.25, 0.3) is 0 Å². The molecule has 1 aromatic carbocycles.